The molecular weight excluding hydrogens is 753 g/mol. The van der Waals surface area contributed by atoms with Crippen LogP contribution < -0.4 is 0 Å². The van der Waals surface area contributed by atoms with Gasteiger partial charge in [-0.15, -0.1) is 0 Å². The van der Waals surface area contributed by atoms with E-state index in [0.717, 1.165) is 78.0 Å². The second-order valence-corrected chi connectivity index (χ2v) is 16.3. The number of fused-ring (bicyclic) bond motifs is 16. The van der Waals surface area contributed by atoms with Crippen LogP contribution in [-0.2, 0) is 5.41 Å². The number of para-hydroxylation sites is 2. The average Bonchev–Trinajstić information content (AvgIpc) is 4.02. The summed E-state index contributed by atoms with van der Waals surface area (Å²) in [4.78, 5) is 0. The largest absolute Gasteiger partial charge is 0.310 e. The monoisotopic (exact) mass is 788 g/mol. The lowest BCUT2D eigenvalue weighted by atomic mass is 9.70. The first-order chi connectivity index (χ1) is 30.5. The molecule has 0 amide bonds. The third kappa shape index (κ3) is 4.75. The van der Waals surface area contributed by atoms with Gasteiger partial charge in [0.25, 0.3) is 0 Å². The molecule has 10 aromatic rings. The Balaban J connectivity index is 1.06. The highest BCUT2D eigenvalue weighted by atomic mass is 15.0. The lowest BCUT2D eigenvalue weighted by Gasteiger charge is -2.31. The van der Waals surface area contributed by atoms with E-state index in [4.69, 9.17) is 0 Å². The first-order valence-corrected chi connectivity index (χ1v) is 20.9. The Kier molecular flexibility index (Phi) is 7.61. The van der Waals surface area contributed by atoms with Crippen LogP contribution in [0.1, 0.15) is 40.3 Å². The molecule has 0 atom stereocenters. The molecule has 0 bridgehead atoms. The highest BCUT2D eigenvalue weighted by molar-refractivity contribution is 6.13. The van der Waals surface area contributed by atoms with Gasteiger partial charge in [0.2, 0.25) is 0 Å². The van der Waals surface area contributed by atoms with Crippen molar-refractivity contribution in [3.05, 3.63) is 228 Å². The summed E-state index contributed by atoms with van der Waals surface area (Å²) in [6.07, 6.45) is 8.14. The number of hydrogen-bond acceptors (Lipinski definition) is 2. The van der Waals surface area contributed by atoms with E-state index in [0.29, 0.717) is 11.1 Å². The smallest absolute Gasteiger partial charge is 0.0991 e. The third-order valence-corrected chi connectivity index (χ3v) is 13.2. The highest BCUT2D eigenvalue weighted by Crippen LogP contribution is 2.63. The van der Waals surface area contributed by atoms with Crippen LogP contribution in [0.4, 0.5) is 0 Å². The molecule has 0 fully saturated rings. The van der Waals surface area contributed by atoms with Gasteiger partial charge < -0.3 is 9.13 Å². The summed E-state index contributed by atoms with van der Waals surface area (Å²) in [7, 11) is 0. The highest BCUT2D eigenvalue weighted by Gasteiger charge is 2.52. The first-order valence-electron chi connectivity index (χ1n) is 20.9. The number of nitrogens with zero attached hydrogens (tertiary/aromatic N) is 4. The molecular formula is C58H36N4. The fourth-order valence-corrected chi connectivity index (χ4v) is 10.7. The number of nitriles is 2. The van der Waals surface area contributed by atoms with Crippen LogP contribution in [0, 0.1) is 22.7 Å². The van der Waals surface area contributed by atoms with Crippen LogP contribution in [0.15, 0.2) is 195 Å². The van der Waals surface area contributed by atoms with Gasteiger partial charge in [-0.25, -0.2) is 0 Å². The van der Waals surface area contributed by atoms with Gasteiger partial charge in [-0.2, -0.15) is 10.5 Å². The SMILES string of the molecule is C=C(/C=C\C=C/C)n1c2ccccc2c2cc(-c3ccc4c(c3)c3ccccc3n4-c3ccc4c(c3)C3(c5ccccc5-4)c4cc(C#N)ccc4-c4ccc(C#N)cc43)ccc21. The zero-order chi connectivity index (χ0) is 41.7. The van der Waals surface area contributed by atoms with Gasteiger partial charge >= 0.3 is 0 Å². The molecule has 2 heterocycles. The third-order valence-electron chi connectivity index (χ3n) is 13.2. The van der Waals surface area contributed by atoms with Crippen molar-refractivity contribution in [2.45, 2.75) is 12.3 Å². The molecule has 0 saturated heterocycles. The molecule has 288 valence electrons. The van der Waals surface area contributed by atoms with Crippen LogP contribution in [0.25, 0.3) is 88.4 Å². The number of hydrogen-bond donors (Lipinski definition) is 0. The minimum absolute atomic E-state index is 0.615. The Bertz CT molecular complexity index is 3690. The zero-order valence-corrected chi connectivity index (χ0v) is 33.9. The Labute approximate surface area is 359 Å². The fourth-order valence-electron chi connectivity index (χ4n) is 10.7. The van der Waals surface area contributed by atoms with Crippen molar-refractivity contribution in [2.24, 2.45) is 0 Å². The quantitative estimate of drug-likeness (QED) is 0.163. The van der Waals surface area contributed by atoms with Gasteiger partial charge in [0.1, 0.15) is 0 Å². The topological polar surface area (TPSA) is 57.4 Å². The van der Waals surface area contributed by atoms with E-state index >= 15 is 0 Å². The maximum absolute atomic E-state index is 10.2. The van der Waals surface area contributed by atoms with E-state index in [1.54, 1.807) is 0 Å². The molecule has 0 unspecified atom stereocenters. The maximum atomic E-state index is 10.2. The predicted molar refractivity (Wildman–Crippen MR) is 254 cm³/mol. The summed E-state index contributed by atoms with van der Waals surface area (Å²) in [6.45, 7) is 6.46. The van der Waals surface area contributed by atoms with Crippen molar-refractivity contribution in [3.63, 3.8) is 0 Å². The van der Waals surface area contributed by atoms with E-state index < -0.39 is 5.41 Å². The van der Waals surface area contributed by atoms with E-state index in [9.17, 15) is 10.5 Å². The van der Waals surface area contributed by atoms with Crippen molar-refractivity contribution in [2.75, 3.05) is 0 Å². The number of rotatable bonds is 5. The van der Waals surface area contributed by atoms with Gasteiger partial charge in [-0.3, -0.25) is 0 Å². The van der Waals surface area contributed by atoms with Crippen LogP contribution in [-0.4, -0.2) is 9.13 Å². The minimum Gasteiger partial charge on any atom is -0.310 e. The van der Waals surface area contributed by atoms with Gasteiger partial charge in [0, 0.05) is 32.9 Å². The summed E-state index contributed by atoms with van der Waals surface area (Å²) in [5.41, 5.74) is 18.3. The Morgan fingerprint density at radius 2 is 1.02 bits per heavy atom. The van der Waals surface area contributed by atoms with Crippen molar-refractivity contribution in [3.8, 4) is 51.2 Å². The minimum atomic E-state index is -0.713. The molecule has 0 aliphatic heterocycles. The van der Waals surface area contributed by atoms with E-state index in [1.165, 1.54) is 32.7 Å². The molecule has 0 saturated carbocycles. The maximum Gasteiger partial charge on any atom is 0.0991 e. The van der Waals surface area contributed by atoms with Crippen molar-refractivity contribution in [1.29, 1.82) is 10.5 Å². The van der Waals surface area contributed by atoms with Crippen molar-refractivity contribution < 1.29 is 0 Å². The molecule has 12 rings (SSSR count). The van der Waals surface area contributed by atoms with E-state index in [2.05, 4.69) is 186 Å². The lowest BCUT2D eigenvalue weighted by Crippen LogP contribution is -2.26. The Morgan fingerprint density at radius 1 is 0.500 bits per heavy atom. The molecule has 0 N–H and O–H groups in total. The van der Waals surface area contributed by atoms with Crippen molar-refractivity contribution >= 4 is 49.3 Å². The number of benzene rings is 8. The summed E-state index contributed by atoms with van der Waals surface area (Å²) < 4.78 is 4.64. The van der Waals surface area contributed by atoms with Crippen LogP contribution in [0.3, 0.4) is 0 Å². The van der Waals surface area contributed by atoms with Crippen LogP contribution in [0.2, 0.25) is 0 Å². The molecule has 8 aromatic carbocycles. The molecule has 1 spiro atoms. The second-order valence-electron chi connectivity index (χ2n) is 16.3. The summed E-state index contributed by atoms with van der Waals surface area (Å²) in [5.74, 6) is 0. The van der Waals surface area contributed by atoms with E-state index in [-0.39, 0.29) is 0 Å². The standard InChI is InChI=1S/C58H36N4/c1-3-4-5-12-36(2)61-54-17-10-7-14-46(54)48-31-39(21-27-56(48)61)40-22-28-57-49(32-40)47-15-8-11-18-55(47)62(57)41-23-26-45-42-13-6-9-16-50(42)58(53(45)33-41)51-29-37(34-59)19-24-43(51)44-25-20-38(35-60)30-52(44)58/h3-33H,2H2,1H3/b4-3-,12-5-. The molecule has 4 heteroatoms. The molecule has 0 radical (unpaired) electrons. The van der Waals surface area contributed by atoms with Crippen LogP contribution in [0.5, 0.6) is 0 Å². The normalized spacial score (nSPS) is 13.3. The average molecular weight is 789 g/mol. The van der Waals surface area contributed by atoms with Gasteiger partial charge in [-0.1, -0.05) is 116 Å². The van der Waals surface area contributed by atoms with Crippen molar-refractivity contribution in [1.82, 2.24) is 9.13 Å². The summed E-state index contributed by atoms with van der Waals surface area (Å²) in [5, 5.41) is 25.1. The van der Waals surface area contributed by atoms with Gasteiger partial charge in [0.15, 0.2) is 0 Å². The summed E-state index contributed by atoms with van der Waals surface area (Å²) in [6, 6.07) is 63.3. The molecule has 2 aliphatic rings. The zero-order valence-electron chi connectivity index (χ0n) is 33.9. The number of aromatic nitrogens is 2. The molecule has 2 aliphatic carbocycles. The first kappa shape index (κ1) is 35.5. The molecule has 2 aromatic heterocycles. The Morgan fingerprint density at radius 3 is 1.69 bits per heavy atom. The lowest BCUT2D eigenvalue weighted by molar-refractivity contribution is 0.791. The van der Waals surface area contributed by atoms with Gasteiger partial charge in [-0.05, 0) is 141 Å². The second kappa shape index (κ2) is 13.3. The summed E-state index contributed by atoms with van der Waals surface area (Å²) >= 11 is 0. The van der Waals surface area contributed by atoms with Gasteiger partial charge in [0.05, 0.1) is 50.7 Å². The van der Waals surface area contributed by atoms with Crippen LogP contribution >= 0.6 is 0 Å². The Hall–Kier alpha value is -8.44. The molecule has 4 nitrogen and oxygen atoms in total. The van der Waals surface area contributed by atoms with E-state index in [1.807, 2.05) is 37.3 Å². The number of allylic oxidation sites excluding steroid dienone is 5. The predicted octanol–water partition coefficient (Wildman–Crippen LogP) is 14.2. The fraction of sp³-hybridized carbons (Fsp3) is 0.0345. The molecule has 62 heavy (non-hydrogen) atoms.